The smallest absolute Gasteiger partial charge is 0.119 e. The van der Waals surface area contributed by atoms with Crippen LogP contribution in [0.25, 0.3) is 0 Å². The fourth-order valence-electron chi connectivity index (χ4n) is 1.60. The molecule has 3 nitrogen and oxygen atoms in total. The lowest BCUT2D eigenvalue weighted by Crippen LogP contribution is -2.14. The predicted octanol–water partition coefficient (Wildman–Crippen LogP) is 2.99. The Morgan fingerprint density at radius 2 is 2.06 bits per heavy atom. The number of hydrogen-bond acceptors (Lipinski definition) is 3. The van der Waals surface area contributed by atoms with Gasteiger partial charge in [0, 0.05) is 6.54 Å². The van der Waals surface area contributed by atoms with E-state index in [0.29, 0.717) is 13.2 Å². The normalized spacial score (nSPS) is 10.9. The van der Waals surface area contributed by atoms with E-state index in [1.807, 2.05) is 26.0 Å². The van der Waals surface area contributed by atoms with E-state index in [-0.39, 0.29) is 6.10 Å². The van der Waals surface area contributed by atoms with Gasteiger partial charge in [-0.05, 0) is 44.5 Å². The van der Waals surface area contributed by atoms with Crippen LogP contribution < -0.4 is 10.1 Å². The van der Waals surface area contributed by atoms with Crippen molar-refractivity contribution in [2.75, 3.05) is 19.8 Å². The molecule has 0 spiro atoms. The Bertz CT molecular complexity index is 326. The second kappa shape index (κ2) is 8.95. The van der Waals surface area contributed by atoms with Gasteiger partial charge in [0.1, 0.15) is 12.4 Å². The highest BCUT2D eigenvalue weighted by molar-refractivity contribution is 5.28. The molecule has 1 aromatic rings. The number of hydrogen-bond donors (Lipinski definition) is 1. The zero-order chi connectivity index (χ0) is 13.2. The van der Waals surface area contributed by atoms with Gasteiger partial charge in [-0.15, -0.1) is 0 Å². The Morgan fingerprint density at radius 1 is 1.22 bits per heavy atom. The van der Waals surface area contributed by atoms with Crippen molar-refractivity contribution in [3.63, 3.8) is 0 Å². The third-order valence-electron chi connectivity index (χ3n) is 2.46. The zero-order valence-electron chi connectivity index (χ0n) is 11.7. The van der Waals surface area contributed by atoms with Crippen LogP contribution in [-0.4, -0.2) is 25.9 Å². The lowest BCUT2D eigenvalue weighted by Gasteiger charge is -2.10. The van der Waals surface area contributed by atoms with Crippen LogP contribution in [0.5, 0.6) is 5.75 Å². The summed E-state index contributed by atoms with van der Waals surface area (Å²) in [6, 6.07) is 8.21. The molecule has 1 rings (SSSR count). The lowest BCUT2D eigenvalue weighted by molar-refractivity contribution is 0.0552. The van der Waals surface area contributed by atoms with Crippen molar-refractivity contribution < 1.29 is 9.47 Å². The molecule has 0 aliphatic heterocycles. The second-order valence-electron chi connectivity index (χ2n) is 4.59. The topological polar surface area (TPSA) is 30.5 Å². The Labute approximate surface area is 110 Å². The molecule has 1 N–H and O–H groups in total. The first-order valence-corrected chi connectivity index (χ1v) is 6.76. The Hall–Kier alpha value is -1.06. The highest BCUT2D eigenvalue weighted by atomic mass is 16.5. The van der Waals surface area contributed by atoms with E-state index < -0.39 is 0 Å². The molecular formula is C15H25NO2. The van der Waals surface area contributed by atoms with Crippen molar-refractivity contribution in [1.82, 2.24) is 5.32 Å². The minimum atomic E-state index is 0.262. The monoisotopic (exact) mass is 251 g/mol. The molecule has 0 heterocycles. The minimum absolute atomic E-state index is 0.262. The van der Waals surface area contributed by atoms with Crippen molar-refractivity contribution in [2.24, 2.45) is 0 Å². The zero-order valence-corrected chi connectivity index (χ0v) is 11.7. The van der Waals surface area contributed by atoms with Crippen LogP contribution in [0.4, 0.5) is 0 Å². The molecule has 0 saturated heterocycles. The minimum Gasteiger partial charge on any atom is -0.491 e. The molecule has 102 valence electrons. The van der Waals surface area contributed by atoms with Gasteiger partial charge in [0.25, 0.3) is 0 Å². The van der Waals surface area contributed by atoms with E-state index in [2.05, 4.69) is 24.4 Å². The average Bonchev–Trinajstić information content (AvgIpc) is 2.35. The molecule has 0 saturated carbocycles. The maximum atomic E-state index is 5.65. The Balaban J connectivity index is 2.30. The third-order valence-corrected chi connectivity index (χ3v) is 2.46. The first-order chi connectivity index (χ1) is 8.72. The molecule has 0 unspecified atom stereocenters. The fraction of sp³-hybridized carbons (Fsp3) is 0.600. The molecule has 0 aromatic heterocycles. The van der Waals surface area contributed by atoms with E-state index in [9.17, 15) is 0 Å². The maximum absolute atomic E-state index is 5.65. The van der Waals surface area contributed by atoms with Crippen molar-refractivity contribution in [1.29, 1.82) is 0 Å². The van der Waals surface area contributed by atoms with E-state index in [1.165, 1.54) is 5.56 Å². The summed E-state index contributed by atoms with van der Waals surface area (Å²) in [6.45, 7) is 9.40. The van der Waals surface area contributed by atoms with Gasteiger partial charge in [0.2, 0.25) is 0 Å². The molecule has 3 heteroatoms. The van der Waals surface area contributed by atoms with Crippen molar-refractivity contribution in [3.05, 3.63) is 29.8 Å². The highest BCUT2D eigenvalue weighted by Crippen LogP contribution is 2.13. The molecular weight excluding hydrogens is 226 g/mol. The first kappa shape index (κ1) is 15.0. The first-order valence-electron chi connectivity index (χ1n) is 6.76. The van der Waals surface area contributed by atoms with Gasteiger partial charge in [-0.25, -0.2) is 0 Å². The summed E-state index contributed by atoms with van der Waals surface area (Å²) in [5, 5.41) is 3.38. The summed E-state index contributed by atoms with van der Waals surface area (Å²) in [7, 11) is 0. The SMILES string of the molecule is CCCNCc1cccc(OCCOC(C)C)c1. The van der Waals surface area contributed by atoms with Crippen LogP contribution in [0.3, 0.4) is 0 Å². The standard InChI is InChI=1S/C15H25NO2/c1-4-8-16-12-14-6-5-7-15(11-14)18-10-9-17-13(2)3/h5-7,11,13,16H,4,8-10,12H2,1-3H3. The number of rotatable bonds is 9. The Morgan fingerprint density at radius 3 is 2.78 bits per heavy atom. The van der Waals surface area contributed by atoms with Gasteiger partial charge < -0.3 is 14.8 Å². The van der Waals surface area contributed by atoms with Crippen molar-refractivity contribution >= 4 is 0 Å². The van der Waals surface area contributed by atoms with Gasteiger partial charge in [-0.2, -0.15) is 0 Å². The molecule has 18 heavy (non-hydrogen) atoms. The number of ether oxygens (including phenoxy) is 2. The summed E-state index contributed by atoms with van der Waals surface area (Å²) in [6.07, 6.45) is 1.42. The number of benzene rings is 1. The van der Waals surface area contributed by atoms with Gasteiger partial charge in [0.05, 0.1) is 12.7 Å². The van der Waals surface area contributed by atoms with Gasteiger partial charge in [0.15, 0.2) is 0 Å². The van der Waals surface area contributed by atoms with Crippen LogP contribution in [0.2, 0.25) is 0 Å². The second-order valence-corrected chi connectivity index (χ2v) is 4.59. The van der Waals surface area contributed by atoms with E-state index >= 15 is 0 Å². The molecule has 0 radical (unpaired) electrons. The molecule has 0 aliphatic carbocycles. The van der Waals surface area contributed by atoms with Crippen LogP contribution in [-0.2, 0) is 11.3 Å². The van der Waals surface area contributed by atoms with Gasteiger partial charge in [-0.1, -0.05) is 19.1 Å². The van der Waals surface area contributed by atoms with Crippen molar-refractivity contribution in [3.8, 4) is 5.75 Å². The molecule has 0 fully saturated rings. The lowest BCUT2D eigenvalue weighted by atomic mass is 10.2. The average molecular weight is 251 g/mol. The molecule has 0 aliphatic rings. The largest absolute Gasteiger partial charge is 0.491 e. The van der Waals surface area contributed by atoms with Crippen LogP contribution in [0.15, 0.2) is 24.3 Å². The predicted molar refractivity (Wildman–Crippen MR) is 75.0 cm³/mol. The van der Waals surface area contributed by atoms with Crippen LogP contribution >= 0.6 is 0 Å². The molecule has 0 bridgehead atoms. The maximum Gasteiger partial charge on any atom is 0.119 e. The van der Waals surface area contributed by atoms with Crippen LogP contribution in [0.1, 0.15) is 32.8 Å². The third kappa shape index (κ3) is 6.62. The fourth-order valence-corrected chi connectivity index (χ4v) is 1.60. The quantitative estimate of drug-likeness (QED) is 0.684. The highest BCUT2D eigenvalue weighted by Gasteiger charge is 1.98. The van der Waals surface area contributed by atoms with Crippen LogP contribution in [0, 0.1) is 0 Å². The Kier molecular flexibility index (Phi) is 7.46. The van der Waals surface area contributed by atoms with E-state index in [0.717, 1.165) is 25.3 Å². The summed E-state index contributed by atoms with van der Waals surface area (Å²) in [5.41, 5.74) is 1.26. The summed E-state index contributed by atoms with van der Waals surface area (Å²) < 4.78 is 11.1. The summed E-state index contributed by atoms with van der Waals surface area (Å²) >= 11 is 0. The van der Waals surface area contributed by atoms with E-state index in [1.54, 1.807) is 0 Å². The molecule has 0 atom stereocenters. The molecule has 1 aromatic carbocycles. The van der Waals surface area contributed by atoms with E-state index in [4.69, 9.17) is 9.47 Å². The van der Waals surface area contributed by atoms with Gasteiger partial charge >= 0.3 is 0 Å². The number of nitrogens with one attached hydrogen (secondary N) is 1. The molecule has 0 amide bonds. The summed E-state index contributed by atoms with van der Waals surface area (Å²) in [4.78, 5) is 0. The van der Waals surface area contributed by atoms with Crippen molar-refractivity contribution in [2.45, 2.75) is 39.8 Å². The summed E-state index contributed by atoms with van der Waals surface area (Å²) in [5.74, 6) is 0.915. The van der Waals surface area contributed by atoms with Gasteiger partial charge in [-0.3, -0.25) is 0 Å².